The van der Waals surface area contributed by atoms with Gasteiger partial charge in [-0.2, -0.15) is 5.10 Å². The number of hydrogen-bond donors (Lipinski definition) is 0. The van der Waals surface area contributed by atoms with E-state index in [2.05, 4.69) is 5.10 Å². The second kappa shape index (κ2) is 10.2. The van der Waals surface area contributed by atoms with Crippen LogP contribution in [-0.2, 0) is 29.0 Å². The highest BCUT2D eigenvalue weighted by molar-refractivity contribution is 6.32. The van der Waals surface area contributed by atoms with Crippen molar-refractivity contribution in [2.75, 3.05) is 27.4 Å². The van der Waals surface area contributed by atoms with Gasteiger partial charge in [0.15, 0.2) is 18.1 Å². The number of nitrogens with zero attached hydrogens (tertiary/aromatic N) is 3. The zero-order chi connectivity index (χ0) is 24.2. The number of rotatable bonds is 7. The van der Waals surface area contributed by atoms with Crippen molar-refractivity contribution >= 4 is 23.5 Å². The van der Waals surface area contributed by atoms with E-state index in [4.69, 9.17) is 25.8 Å². The summed E-state index contributed by atoms with van der Waals surface area (Å²) >= 11 is 6.43. The number of aromatic nitrogens is 2. The molecule has 0 unspecified atom stereocenters. The Morgan fingerprint density at radius 3 is 2.41 bits per heavy atom. The molecule has 2 aromatic carbocycles. The molecule has 8 nitrogen and oxygen atoms in total. The summed E-state index contributed by atoms with van der Waals surface area (Å²) in [4.78, 5) is 27.2. The lowest BCUT2D eigenvalue weighted by molar-refractivity contribution is -0.135. The maximum absolute atomic E-state index is 12.8. The zero-order valence-corrected chi connectivity index (χ0v) is 20.1. The number of aryl methyl sites for hydroxylation is 1. The van der Waals surface area contributed by atoms with Crippen LogP contribution in [0.5, 0.6) is 11.5 Å². The Morgan fingerprint density at radius 1 is 1.06 bits per heavy atom. The monoisotopic (exact) mass is 483 g/mol. The van der Waals surface area contributed by atoms with Crippen LogP contribution in [-0.4, -0.2) is 53.9 Å². The second-order valence-corrected chi connectivity index (χ2v) is 8.37. The third-order valence-electron chi connectivity index (χ3n) is 5.84. The Hall–Kier alpha value is -3.52. The van der Waals surface area contributed by atoms with Crippen LogP contribution >= 0.6 is 11.6 Å². The molecule has 1 aliphatic rings. The minimum atomic E-state index is -0.668. The van der Waals surface area contributed by atoms with Crippen LogP contribution in [0, 0.1) is 6.92 Å². The van der Waals surface area contributed by atoms with Gasteiger partial charge in [0.25, 0.3) is 5.91 Å². The third kappa shape index (κ3) is 4.87. The molecular formula is C25H26ClN3O5. The van der Waals surface area contributed by atoms with Crippen molar-refractivity contribution in [2.45, 2.75) is 26.4 Å². The fourth-order valence-corrected chi connectivity index (χ4v) is 4.34. The molecule has 0 saturated heterocycles. The van der Waals surface area contributed by atoms with Gasteiger partial charge in [-0.3, -0.25) is 4.79 Å². The predicted molar refractivity (Wildman–Crippen MR) is 126 cm³/mol. The standard InChI is InChI=1S/C25H26ClN3O5/c1-16-23(24(26)29(27-16)13-17-7-5-4-6-8-17)25(31)34-15-22(30)28-10-9-18-11-20(32-2)21(33-3)12-19(18)14-28/h4-8,11-12H,9-10,13-15H2,1-3H3. The van der Waals surface area contributed by atoms with Crippen molar-refractivity contribution < 1.29 is 23.8 Å². The van der Waals surface area contributed by atoms with Crippen LogP contribution < -0.4 is 9.47 Å². The predicted octanol–water partition coefficient (Wildman–Crippen LogP) is 3.65. The summed E-state index contributed by atoms with van der Waals surface area (Å²) in [5.41, 5.74) is 3.70. The lowest BCUT2D eigenvalue weighted by atomic mass is 9.99. The highest BCUT2D eigenvalue weighted by Gasteiger charge is 2.26. The van der Waals surface area contributed by atoms with Crippen LogP contribution in [0.4, 0.5) is 0 Å². The molecular weight excluding hydrogens is 458 g/mol. The molecule has 4 rings (SSSR count). The van der Waals surface area contributed by atoms with Gasteiger partial charge in [0.2, 0.25) is 0 Å². The molecule has 0 aliphatic carbocycles. The molecule has 0 saturated carbocycles. The summed E-state index contributed by atoms with van der Waals surface area (Å²) in [5.74, 6) is 0.327. The van der Waals surface area contributed by atoms with Gasteiger partial charge >= 0.3 is 5.97 Å². The first-order valence-corrected chi connectivity index (χ1v) is 11.2. The van der Waals surface area contributed by atoms with Gasteiger partial charge in [-0.1, -0.05) is 41.9 Å². The van der Waals surface area contributed by atoms with E-state index in [1.807, 2.05) is 42.5 Å². The first-order chi connectivity index (χ1) is 16.4. The molecule has 1 aliphatic heterocycles. The number of esters is 1. The molecule has 3 aromatic rings. The van der Waals surface area contributed by atoms with Crippen molar-refractivity contribution in [3.8, 4) is 11.5 Å². The fourth-order valence-electron chi connectivity index (χ4n) is 4.03. The van der Waals surface area contributed by atoms with Gasteiger partial charge in [-0.05, 0) is 42.2 Å². The molecule has 178 valence electrons. The van der Waals surface area contributed by atoms with Crippen LogP contribution in [0.1, 0.15) is 32.7 Å². The molecule has 2 heterocycles. The van der Waals surface area contributed by atoms with Crippen molar-refractivity contribution in [1.82, 2.24) is 14.7 Å². The Balaban J connectivity index is 1.40. The van der Waals surface area contributed by atoms with Gasteiger partial charge in [-0.25, -0.2) is 9.48 Å². The lowest BCUT2D eigenvalue weighted by Crippen LogP contribution is -2.38. The molecule has 1 amide bonds. The van der Waals surface area contributed by atoms with E-state index in [1.54, 1.807) is 30.7 Å². The Labute approximate surface area is 203 Å². The van der Waals surface area contributed by atoms with Crippen molar-refractivity contribution in [1.29, 1.82) is 0 Å². The molecule has 0 radical (unpaired) electrons. The molecule has 0 fully saturated rings. The van der Waals surface area contributed by atoms with Crippen molar-refractivity contribution in [3.05, 3.63) is 75.6 Å². The fraction of sp³-hybridized carbons (Fsp3) is 0.320. The number of hydrogen-bond acceptors (Lipinski definition) is 6. The average Bonchev–Trinajstić information content (AvgIpc) is 3.13. The largest absolute Gasteiger partial charge is 0.493 e. The molecule has 1 aromatic heterocycles. The van der Waals surface area contributed by atoms with Crippen LogP contribution in [0.3, 0.4) is 0 Å². The van der Waals surface area contributed by atoms with E-state index in [1.165, 1.54) is 0 Å². The summed E-state index contributed by atoms with van der Waals surface area (Å²) < 4.78 is 17.6. The lowest BCUT2D eigenvalue weighted by Gasteiger charge is -2.29. The summed E-state index contributed by atoms with van der Waals surface area (Å²) in [6, 6.07) is 13.5. The number of amides is 1. The van der Waals surface area contributed by atoms with Crippen molar-refractivity contribution in [3.63, 3.8) is 0 Å². The minimum absolute atomic E-state index is 0.172. The number of carbonyl (C=O) groups excluding carboxylic acids is 2. The number of methoxy groups -OCH3 is 2. The van der Waals surface area contributed by atoms with Crippen LogP contribution in [0.15, 0.2) is 42.5 Å². The molecule has 0 spiro atoms. The quantitative estimate of drug-likeness (QED) is 0.477. The Morgan fingerprint density at radius 2 is 1.74 bits per heavy atom. The van der Waals surface area contributed by atoms with E-state index < -0.39 is 5.97 Å². The number of fused-ring (bicyclic) bond motifs is 1. The summed E-state index contributed by atoms with van der Waals surface area (Å²) in [7, 11) is 3.17. The van der Waals surface area contributed by atoms with E-state index >= 15 is 0 Å². The molecule has 34 heavy (non-hydrogen) atoms. The number of halogens is 1. The van der Waals surface area contributed by atoms with Crippen molar-refractivity contribution in [2.24, 2.45) is 0 Å². The third-order valence-corrected chi connectivity index (χ3v) is 6.23. The highest BCUT2D eigenvalue weighted by Crippen LogP contribution is 2.33. The Bertz CT molecular complexity index is 1210. The first kappa shape index (κ1) is 23.6. The van der Waals surface area contributed by atoms with E-state index in [-0.39, 0.29) is 23.2 Å². The van der Waals surface area contributed by atoms with Gasteiger partial charge < -0.3 is 19.1 Å². The second-order valence-electron chi connectivity index (χ2n) is 8.01. The summed E-state index contributed by atoms with van der Waals surface area (Å²) in [5, 5.41) is 4.55. The van der Waals surface area contributed by atoms with Gasteiger partial charge in [0.1, 0.15) is 10.7 Å². The van der Waals surface area contributed by atoms with Crippen LogP contribution in [0.2, 0.25) is 5.15 Å². The number of carbonyl (C=O) groups is 2. The maximum Gasteiger partial charge on any atom is 0.343 e. The minimum Gasteiger partial charge on any atom is -0.493 e. The first-order valence-electron chi connectivity index (χ1n) is 10.9. The van der Waals surface area contributed by atoms with E-state index in [0.717, 1.165) is 16.7 Å². The van der Waals surface area contributed by atoms with Crippen LogP contribution in [0.25, 0.3) is 0 Å². The van der Waals surface area contributed by atoms with Gasteiger partial charge in [0.05, 0.1) is 26.5 Å². The zero-order valence-electron chi connectivity index (χ0n) is 19.3. The summed E-state index contributed by atoms with van der Waals surface area (Å²) in [6.07, 6.45) is 0.673. The molecule has 0 N–H and O–H groups in total. The van der Waals surface area contributed by atoms with E-state index in [9.17, 15) is 9.59 Å². The normalized spacial score (nSPS) is 12.8. The highest BCUT2D eigenvalue weighted by atomic mass is 35.5. The molecule has 9 heteroatoms. The average molecular weight is 484 g/mol. The smallest absolute Gasteiger partial charge is 0.343 e. The molecule has 0 bridgehead atoms. The topological polar surface area (TPSA) is 82.9 Å². The Kier molecular flexibility index (Phi) is 7.07. The van der Waals surface area contributed by atoms with Gasteiger partial charge in [0, 0.05) is 13.1 Å². The summed E-state index contributed by atoms with van der Waals surface area (Å²) in [6.45, 7) is 2.67. The maximum atomic E-state index is 12.8. The SMILES string of the molecule is COc1cc2c(cc1OC)CN(C(=O)COC(=O)c1c(C)nn(Cc3ccccc3)c1Cl)CC2. The number of benzene rings is 2. The van der Waals surface area contributed by atoms with Gasteiger partial charge in [-0.15, -0.1) is 0 Å². The number of ether oxygens (including phenoxy) is 3. The van der Waals surface area contributed by atoms with E-state index in [0.29, 0.717) is 43.2 Å². The molecule has 0 atom stereocenters.